The fourth-order valence-electron chi connectivity index (χ4n) is 1.92. The van der Waals surface area contributed by atoms with Gasteiger partial charge in [-0.3, -0.25) is 0 Å². The molecule has 1 heterocycles. The molecule has 0 bridgehead atoms. The molecule has 0 aliphatic heterocycles. The highest BCUT2D eigenvalue weighted by Crippen LogP contribution is 2.37. The molecule has 96 valence electrons. The SMILES string of the molecule is COc1ccsc1C(O)c1cc(C)c(Br)cc1C. The third-order valence-electron chi connectivity index (χ3n) is 2.97. The molecule has 2 rings (SSSR count). The minimum Gasteiger partial charge on any atom is -0.495 e. The van der Waals surface area contributed by atoms with Crippen LogP contribution in [0.5, 0.6) is 5.75 Å². The number of aliphatic hydroxyl groups excluding tert-OH is 1. The molecule has 0 radical (unpaired) electrons. The van der Waals surface area contributed by atoms with Crippen molar-refractivity contribution in [2.75, 3.05) is 7.11 Å². The lowest BCUT2D eigenvalue weighted by atomic mass is 9.99. The maximum Gasteiger partial charge on any atom is 0.135 e. The summed E-state index contributed by atoms with van der Waals surface area (Å²) in [6.07, 6.45) is -0.633. The number of ether oxygens (including phenoxy) is 1. The Hall–Kier alpha value is -0.840. The Labute approximate surface area is 119 Å². The first-order valence-electron chi connectivity index (χ1n) is 5.60. The number of halogens is 1. The van der Waals surface area contributed by atoms with E-state index in [0.29, 0.717) is 0 Å². The lowest BCUT2D eigenvalue weighted by molar-refractivity contribution is 0.218. The van der Waals surface area contributed by atoms with Crippen molar-refractivity contribution in [1.29, 1.82) is 0 Å². The van der Waals surface area contributed by atoms with Gasteiger partial charge in [0.05, 0.1) is 12.0 Å². The fourth-order valence-corrected chi connectivity index (χ4v) is 3.24. The summed E-state index contributed by atoms with van der Waals surface area (Å²) in [5, 5.41) is 12.4. The smallest absolute Gasteiger partial charge is 0.135 e. The van der Waals surface area contributed by atoms with E-state index in [2.05, 4.69) is 15.9 Å². The van der Waals surface area contributed by atoms with E-state index < -0.39 is 6.10 Å². The number of hydrogen-bond acceptors (Lipinski definition) is 3. The highest BCUT2D eigenvalue weighted by atomic mass is 79.9. The molecule has 0 saturated heterocycles. The zero-order chi connectivity index (χ0) is 13.3. The summed E-state index contributed by atoms with van der Waals surface area (Å²) in [5.41, 5.74) is 3.11. The minimum absolute atomic E-state index is 0.633. The number of aryl methyl sites for hydroxylation is 2. The van der Waals surface area contributed by atoms with Gasteiger partial charge in [-0.25, -0.2) is 0 Å². The molecule has 1 atom stereocenters. The van der Waals surface area contributed by atoms with Gasteiger partial charge in [-0.05, 0) is 48.1 Å². The van der Waals surface area contributed by atoms with Crippen molar-refractivity contribution >= 4 is 27.3 Å². The van der Waals surface area contributed by atoms with Crippen molar-refractivity contribution in [3.05, 3.63) is 49.6 Å². The van der Waals surface area contributed by atoms with Gasteiger partial charge in [-0.2, -0.15) is 0 Å². The van der Waals surface area contributed by atoms with E-state index in [0.717, 1.165) is 31.8 Å². The molecule has 1 aromatic carbocycles. The molecule has 1 N–H and O–H groups in total. The number of rotatable bonds is 3. The monoisotopic (exact) mass is 326 g/mol. The van der Waals surface area contributed by atoms with Crippen molar-refractivity contribution in [3.8, 4) is 5.75 Å². The number of thiophene rings is 1. The van der Waals surface area contributed by atoms with Crippen molar-refractivity contribution < 1.29 is 9.84 Å². The lowest BCUT2D eigenvalue weighted by Crippen LogP contribution is -2.02. The predicted octanol–water partition coefficient (Wildman–Crippen LogP) is 4.22. The van der Waals surface area contributed by atoms with E-state index in [9.17, 15) is 5.11 Å². The van der Waals surface area contributed by atoms with Crippen molar-refractivity contribution in [1.82, 2.24) is 0 Å². The molecule has 0 amide bonds. The Morgan fingerprint density at radius 3 is 2.67 bits per heavy atom. The molecule has 0 fully saturated rings. The number of methoxy groups -OCH3 is 1. The fraction of sp³-hybridized carbons (Fsp3) is 0.286. The summed E-state index contributed by atoms with van der Waals surface area (Å²) in [6.45, 7) is 4.02. The molecule has 2 nitrogen and oxygen atoms in total. The molecule has 1 unspecified atom stereocenters. The average Bonchev–Trinajstić information content (AvgIpc) is 2.81. The van der Waals surface area contributed by atoms with E-state index in [1.54, 1.807) is 7.11 Å². The van der Waals surface area contributed by atoms with Gasteiger partial charge in [-0.1, -0.05) is 22.0 Å². The van der Waals surface area contributed by atoms with Crippen LogP contribution in [0.4, 0.5) is 0 Å². The first-order chi connectivity index (χ1) is 8.54. The number of aliphatic hydroxyl groups is 1. The zero-order valence-corrected chi connectivity index (χ0v) is 12.9. The highest BCUT2D eigenvalue weighted by molar-refractivity contribution is 9.10. The second-order valence-electron chi connectivity index (χ2n) is 4.21. The molecule has 0 saturated carbocycles. The Kier molecular flexibility index (Phi) is 4.10. The minimum atomic E-state index is -0.633. The molecule has 2 aromatic rings. The summed E-state index contributed by atoms with van der Waals surface area (Å²) in [5.74, 6) is 0.743. The number of benzene rings is 1. The van der Waals surface area contributed by atoms with Gasteiger partial charge in [0.25, 0.3) is 0 Å². The van der Waals surface area contributed by atoms with E-state index in [4.69, 9.17) is 4.74 Å². The van der Waals surface area contributed by atoms with Crippen LogP contribution in [0.3, 0.4) is 0 Å². The van der Waals surface area contributed by atoms with Gasteiger partial charge in [0.15, 0.2) is 0 Å². The standard InChI is InChI=1S/C14H15BrO2S/c1-8-7-11(15)9(2)6-10(8)13(16)14-12(17-3)4-5-18-14/h4-7,13,16H,1-3H3. The molecule has 4 heteroatoms. The van der Waals surface area contributed by atoms with E-state index in [-0.39, 0.29) is 0 Å². The van der Waals surface area contributed by atoms with Crippen molar-refractivity contribution in [2.45, 2.75) is 20.0 Å². The van der Waals surface area contributed by atoms with Gasteiger partial charge in [-0.15, -0.1) is 11.3 Å². The summed E-state index contributed by atoms with van der Waals surface area (Å²) in [6, 6.07) is 5.93. The molecule has 18 heavy (non-hydrogen) atoms. The summed E-state index contributed by atoms with van der Waals surface area (Å²) >= 11 is 5.01. The summed E-state index contributed by atoms with van der Waals surface area (Å²) in [7, 11) is 1.62. The third kappa shape index (κ3) is 2.46. The molecular weight excluding hydrogens is 312 g/mol. The first-order valence-corrected chi connectivity index (χ1v) is 7.28. The Balaban J connectivity index is 2.46. The maximum atomic E-state index is 10.5. The molecule has 0 spiro atoms. The van der Waals surface area contributed by atoms with E-state index >= 15 is 0 Å². The van der Waals surface area contributed by atoms with Crippen LogP contribution in [0.2, 0.25) is 0 Å². The zero-order valence-electron chi connectivity index (χ0n) is 10.5. The van der Waals surface area contributed by atoms with Gasteiger partial charge in [0.2, 0.25) is 0 Å². The van der Waals surface area contributed by atoms with Crippen LogP contribution in [0.1, 0.15) is 27.7 Å². The maximum absolute atomic E-state index is 10.5. The van der Waals surface area contributed by atoms with Crippen molar-refractivity contribution in [2.24, 2.45) is 0 Å². The van der Waals surface area contributed by atoms with E-state index in [1.807, 2.05) is 37.4 Å². The van der Waals surface area contributed by atoms with Gasteiger partial charge >= 0.3 is 0 Å². The summed E-state index contributed by atoms with van der Waals surface area (Å²) < 4.78 is 6.33. The van der Waals surface area contributed by atoms with Crippen LogP contribution in [-0.2, 0) is 0 Å². The van der Waals surface area contributed by atoms with Crippen LogP contribution >= 0.6 is 27.3 Å². The van der Waals surface area contributed by atoms with Gasteiger partial charge < -0.3 is 9.84 Å². The van der Waals surface area contributed by atoms with Gasteiger partial charge in [0, 0.05) is 4.47 Å². The van der Waals surface area contributed by atoms with E-state index in [1.165, 1.54) is 11.3 Å². The topological polar surface area (TPSA) is 29.5 Å². The predicted molar refractivity (Wildman–Crippen MR) is 78.5 cm³/mol. The highest BCUT2D eigenvalue weighted by Gasteiger charge is 2.19. The lowest BCUT2D eigenvalue weighted by Gasteiger charge is -2.15. The van der Waals surface area contributed by atoms with Crippen LogP contribution in [0.15, 0.2) is 28.1 Å². The summed E-state index contributed by atoms with van der Waals surface area (Å²) in [4.78, 5) is 0.849. The second kappa shape index (κ2) is 5.43. The van der Waals surface area contributed by atoms with Crippen molar-refractivity contribution in [3.63, 3.8) is 0 Å². The van der Waals surface area contributed by atoms with Gasteiger partial charge in [0.1, 0.15) is 11.9 Å². The van der Waals surface area contributed by atoms with Crippen LogP contribution < -0.4 is 4.74 Å². The third-order valence-corrected chi connectivity index (χ3v) is 4.77. The van der Waals surface area contributed by atoms with Crippen LogP contribution in [0, 0.1) is 13.8 Å². The Bertz CT molecular complexity index is 563. The average molecular weight is 327 g/mol. The quantitative estimate of drug-likeness (QED) is 0.915. The Morgan fingerprint density at radius 1 is 1.28 bits per heavy atom. The van der Waals surface area contributed by atoms with Crippen LogP contribution in [0.25, 0.3) is 0 Å². The first kappa shape index (κ1) is 13.6. The number of hydrogen-bond donors (Lipinski definition) is 1. The normalized spacial score (nSPS) is 12.5. The second-order valence-corrected chi connectivity index (χ2v) is 6.02. The Morgan fingerprint density at radius 2 is 2.00 bits per heavy atom. The molecule has 0 aliphatic carbocycles. The largest absolute Gasteiger partial charge is 0.495 e. The molecular formula is C14H15BrO2S. The van der Waals surface area contributed by atoms with Crippen LogP contribution in [-0.4, -0.2) is 12.2 Å². The molecule has 0 aliphatic rings. The molecule has 1 aromatic heterocycles.